The quantitative estimate of drug-likeness (QED) is 0.178. The summed E-state index contributed by atoms with van der Waals surface area (Å²) in [6.07, 6.45) is 7.57. The number of benzene rings is 5. The summed E-state index contributed by atoms with van der Waals surface area (Å²) in [5.74, 6) is 0. The third kappa shape index (κ3) is 4.75. The van der Waals surface area contributed by atoms with E-state index in [1.54, 1.807) is 0 Å². The van der Waals surface area contributed by atoms with Gasteiger partial charge in [0.15, 0.2) is 0 Å². The maximum atomic E-state index is 5.35. The van der Waals surface area contributed by atoms with Crippen molar-refractivity contribution < 1.29 is 0 Å². The van der Waals surface area contributed by atoms with E-state index in [-0.39, 0.29) is 5.41 Å². The van der Waals surface area contributed by atoms with Crippen LogP contribution in [0.15, 0.2) is 158 Å². The van der Waals surface area contributed by atoms with Crippen molar-refractivity contribution in [3.63, 3.8) is 0 Å². The summed E-state index contributed by atoms with van der Waals surface area (Å²) in [5, 5.41) is 4.41. The molecule has 10 rings (SSSR count). The molecule has 1 aliphatic rings. The molecule has 4 heteroatoms. The van der Waals surface area contributed by atoms with Crippen molar-refractivity contribution in [2.75, 3.05) is 0 Å². The van der Waals surface area contributed by atoms with E-state index in [9.17, 15) is 0 Å². The molecular weight excluding hydrogens is 621 g/mol. The molecule has 0 atom stereocenters. The Morgan fingerprint density at radius 1 is 0.431 bits per heavy atom. The second-order valence-electron chi connectivity index (χ2n) is 14.0. The van der Waals surface area contributed by atoms with Crippen molar-refractivity contribution in [3.05, 3.63) is 169 Å². The monoisotopic (exact) mass is 652 g/mol. The van der Waals surface area contributed by atoms with E-state index in [1.807, 2.05) is 30.9 Å². The minimum atomic E-state index is -0.0965. The van der Waals surface area contributed by atoms with Crippen molar-refractivity contribution >= 4 is 32.6 Å². The standard InChI is InChI=1S/C47H32N4/c1-47(2)41-11-4-3-9-37(41)38-19-18-33(24-42(38)47)43-25-35(26-44(51-43)39-10-5-7-31-20-22-48-28-40(31)39)29-12-14-30(15-13-29)36-23-34-17-16-32-8-6-21-49-45(32)46(34)50-27-36/h3-28H,1-2H3. The molecule has 0 radical (unpaired) electrons. The molecule has 0 N–H and O–H groups in total. The zero-order chi connectivity index (χ0) is 34.1. The lowest BCUT2D eigenvalue weighted by Crippen LogP contribution is -2.14. The first-order chi connectivity index (χ1) is 25.0. The molecule has 0 unspecified atom stereocenters. The van der Waals surface area contributed by atoms with Gasteiger partial charge in [0, 0.05) is 63.1 Å². The fourth-order valence-electron chi connectivity index (χ4n) is 7.93. The van der Waals surface area contributed by atoms with Gasteiger partial charge in [-0.3, -0.25) is 15.0 Å². The maximum absolute atomic E-state index is 5.35. The normalized spacial score (nSPS) is 13.1. The largest absolute Gasteiger partial charge is 0.264 e. The second kappa shape index (κ2) is 11.3. The summed E-state index contributed by atoms with van der Waals surface area (Å²) < 4.78 is 0. The van der Waals surface area contributed by atoms with E-state index in [0.29, 0.717) is 0 Å². The highest BCUT2D eigenvalue weighted by Crippen LogP contribution is 2.49. The molecule has 0 saturated carbocycles. The number of rotatable bonds is 4. The van der Waals surface area contributed by atoms with Gasteiger partial charge in [0.25, 0.3) is 0 Å². The summed E-state index contributed by atoms with van der Waals surface area (Å²) in [6.45, 7) is 4.65. The zero-order valence-corrected chi connectivity index (χ0v) is 28.3. The van der Waals surface area contributed by atoms with Crippen molar-refractivity contribution in [2.45, 2.75) is 19.3 Å². The molecule has 1 aliphatic carbocycles. The molecule has 9 aromatic rings. The number of pyridine rings is 4. The molecule has 4 aromatic heterocycles. The van der Waals surface area contributed by atoms with Crippen LogP contribution in [0.4, 0.5) is 0 Å². The highest BCUT2D eigenvalue weighted by molar-refractivity contribution is 6.03. The van der Waals surface area contributed by atoms with Gasteiger partial charge in [-0.15, -0.1) is 0 Å². The molecule has 0 bridgehead atoms. The average Bonchev–Trinajstić information content (AvgIpc) is 3.42. The van der Waals surface area contributed by atoms with E-state index in [1.165, 1.54) is 22.3 Å². The van der Waals surface area contributed by atoms with Crippen LogP contribution < -0.4 is 0 Å². The molecule has 0 aliphatic heterocycles. The average molecular weight is 653 g/mol. The summed E-state index contributed by atoms with van der Waals surface area (Å²) >= 11 is 0. The van der Waals surface area contributed by atoms with Gasteiger partial charge in [0.1, 0.15) is 0 Å². The zero-order valence-electron chi connectivity index (χ0n) is 28.3. The molecule has 51 heavy (non-hydrogen) atoms. The van der Waals surface area contributed by atoms with Crippen LogP contribution in [0.2, 0.25) is 0 Å². The number of nitrogens with zero attached hydrogens (tertiary/aromatic N) is 4. The van der Waals surface area contributed by atoms with Gasteiger partial charge >= 0.3 is 0 Å². The molecule has 5 aromatic carbocycles. The van der Waals surface area contributed by atoms with Crippen LogP contribution in [0, 0.1) is 0 Å². The summed E-state index contributed by atoms with van der Waals surface area (Å²) in [4.78, 5) is 19.3. The van der Waals surface area contributed by atoms with Crippen LogP contribution in [-0.4, -0.2) is 19.9 Å². The van der Waals surface area contributed by atoms with E-state index >= 15 is 0 Å². The molecular formula is C47H32N4. The lowest BCUT2D eigenvalue weighted by molar-refractivity contribution is 0.660. The lowest BCUT2D eigenvalue weighted by atomic mass is 9.82. The van der Waals surface area contributed by atoms with Crippen molar-refractivity contribution in [3.8, 4) is 55.9 Å². The van der Waals surface area contributed by atoms with Gasteiger partial charge in [-0.2, -0.15) is 0 Å². The fourth-order valence-corrected chi connectivity index (χ4v) is 7.93. The predicted molar refractivity (Wildman–Crippen MR) is 209 cm³/mol. The maximum Gasteiger partial charge on any atom is 0.0964 e. The first kappa shape index (κ1) is 29.4. The molecule has 4 nitrogen and oxygen atoms in total. The Bertz CT molecular complexity index is 2830. The predicted octanol–water partition coefficient (Wildman–Crippen LogP) is 11.7. The highest BCUT2D eigenvalue weighted by atomic mass is 14.7. The number of aromatic nitrogens is 4. The van der Waals surface area contributed by atoms with Gasteiger partial charge in [-0.25, -0.2) is 4.98 Å². The van der Waals surface area contributed by atoms with Crippen LogP contribution in [-0.2, 0) is 5.41 Å². The third-order valence-corrected chi connectivity index (χ3v) is 10.6. The Hall–Kier alpha value is -6.52. The molecule has 0 amide bonds. The molecule has 4 heterocycles. The van der Waals surface area contributed by atoms with Crippen LogP contribution >= 0.6 is 0 Å². The van der Waals surface area contributed by atoms with Gasteiger partial charge < -0.3 is 0 Å². The van der Waals surface area contributed by atoms with E-state index < -0.39 is 0 Å². The van der Waals surface area contributed by atoms with Gasteiger partial charge in [-0.1, -0.05) is 111 Å². The van der Waals surface area contributed by atoms with Crippen LogP contribution in [0.5, 0.6) is 0 Å². The number of hydrogen-bond acceptors (Lipinski definition) is 4. The number of fused-ring (bicyclic) bond motifs is 7. The fraction of sp³-hybridized carbons (Fsp3) is 0.0638. The Kier molecular flexibility index (Phi) is 6.49. The smallest absolute Gasteiger partial charge is 0.0964 e. The molecule has 240 valence electrons. The Balaban J connectivity index is 1.09. The summed E-state index contributed by atoms with van der Waals surface area (Å²) in [7, 11) is 0. The van der Waals surface area contributed by atoms with Crippen molar-refractivity contribution in [2.24, 2.45) is 0 Å². The first-order valence-corrected chi connectivity index (χ1v) is 17.4. The topological polar surface area (TPSA) is 51.6 Å². The van der Waals surface area contributed by atoms with Crippen LogP contribution in [0.25, 0.3) is 88.5 Å². The van der Waals surface area contributed by atoms with E-state index in [0.717, 1.165) is 77.3 Å². The van der Waals surface area contributed by atoms with Gasteiger partial charge in [0.2, 0.25) is 0 Å². The van der Waals surface area contributed by atoms with Gasteiger partial charge in [-0.05, 0) is 80.7 Å². The third-order valence-electron chi connectivity index (χ3n) is 10.6. The Morgan fingerprint density at radius 3 is 2.06 bits per heavy atom. The summed E-state index contributed by atoms with van der Waals surface area (Å²) in [5.41, 5.74) is 15.6. The number of hydrogen-bond donors (Lipinski definition) is 0. The van der Waals surface area contributed by atoms with Crippen molar-refractivity contribution in [1.82, 2.24) is 19.9 Å². The summed E-state index contributed by atoms with van der Waals surface area (Å²) in [6, 6.07) is 47.8. The lowest BCUT2D eigenvalue weighted by Gasteiger charge is -2.22. The second-order valence-corrected chi connectivity index (χ2v) is 14.0. The first-order valence-electron chi connectivity index (χ1n) is 17.4. The Labute approximate surface area is 296 Å². The molecule has 0 spiro atoms. The van der Waals surface area contributed by atoms with Crippen molar-refractivity contribution in [1.29, 1.82) is 0 Å². The van der Waals surface area contributed by atoms with E-state index in [2.05, 4.69) is 151 Å². The minimum absolute atomic E-state index is 0.0965. The van der Waals surface area contributed by atoms with Crippen LogP contribution in [0.3, 0.4) is 0 Å². The Morgan fingerprint density at radius 2 is 1.16 bits per heavy atom. The van der Waals surface area contributed by atoms with Crippen LogP contribution in [0.1, 0.15) is 25.0 Å². The molecule has 0 saturated heterocycles. The van der Waals surface area contributed by atoms with E-state index in [4.69, 9.17) is 9.97 Å². The SMILES string of the molecule is CC1(C)c2ccccc2-c2ccc(-c3cc(-c4ccc(-c5cnc6c(ccc7cccnc76)c5)cc4)cc(-c4cccc5ccncc45)n3)cc21. The van der Waals surface area contributed by atoms with Gasteiger partial charge in [0.05, 0.1) is 22.4 Å². The highest BCUT2D eigenvalue weighted by Gasteiger charge is 2.35. The minimum Gasteiger partial charge on any atom is -0.264 e. The molecule has 0 fully saturated rings.